The third-order valence-corrected chi connectivity index (χ3v) is 5.36. The summed E-state index contributed by atoms with van der Waals surface area (Å²) in [5, 5.41) is 6.50. The van der Waals surface area contributed by atoms with Gasteiger partial charge in [-0.3, -0.25) is 9.48 Å². The summed E-state index contributed by atoms with van der Waals surface area (Å²) in [6.07, 6.45) is 2.50. The van der Waals surface area contributed by atoms with Crippen LogP contribution in [0.5, 0.6) is 0 Å². The predicted octanol–water partition coefficient (Wildman–Crippen LogP) is 5.60. The maximum Gasteiger partial charge on any atom is 0.284 e. The van der Waals surface area contributed by atoms with Gasteiger partial charge >= 0.3 is 0 Å². The van der Waals surface area contributed by atoms with Crippen LogP contribution in [0.3, 0.4) is 0 Å². The van der Waals surface area contributed by atoms with Gasteiger partial charge in [0.05, 0.1) is 11.7 Å². The summed E-state index contributed by atoms with van der Waals surface area (Å²) < 4.78 is 41.7. The van der Waals surface area contributed by atoms with E-state index in [0.717, 1.165) is 31.7 Å². The fraction of sp³-hybridized carbons (Fsp3) is 0.500. The van der Waals surface area contributed by atoms with Crippen molar-refractivity contribution in [2.75, 3.05) is 5.32 Å². The van der Waals surface area contributed by atoms with E-state index >= 15 is 0 Å². The van der Waals surface area contributed by atoms with Crippen LogP contribution in [0.1, 0.15) is 68.0 Å². The molecule has 1 aliphatic rings. The first-order valence-corrected chi connectivity index (χ1v) is 9.29. The molecule has 0 saturated heterocycles. The van der Waals surface area contributed by atoms with Crippen LogP contribution in [-0.4, -0.2) is 15.7 Å². The maximum absolute atomic E-state index is 13.4. The van der Waals surface area contributed by atoms with Crippen LogP contribution in [0, 0.1) is 17.7 Å². The number of carbonyl (C=O) groups excluding carboxylic acids is 1. The van der Waals surface area contributed by atoms with E-state index in [0.29, 0.717) is 11.8 Å². The second-order valence-corrected chi connectivity index (χ2v) is 7.49. The lowest BCUT2D eigenvalue weighted by Crippen LogP contribution is -2.21. The Kier molecular flexibility index (Phi) is 5.87. The van der Waals surface area contributed by atoms with Crippen LogP contribution in [0.2, 0.25) is 0 Å². The number of nitrogens with one attached hydrogen (secondary N) is 1. The second-order valence-electron chi connectivity index (χ2n) is 7.49. The van der Waals surface area contributed by atoms with Crippen LogP contribution in [-0.2, 0) is 0 Å². The minimum atomic E-state index is -2.80. The number of aromatic nitrogens is 2. The van der Waals surface area contributed by atoms with Crippen molar-refractivity contribution in [3.63, 3.8) is 0 Å². The number of amides is 1. The minimum absolute atomic E-state index is 0.0229. The first-order chi connectivity index (χ1) is 12.8. The van der Waals surface area contributed by atoms with Gasteiger partial charge in [0.2, 0.25) is 0 Å². The van der Waals surface area contributed by atoms with E-state index in [2.05, 4.69) is 24.3 Å². The molecule has 0 atom stereocenters. The molecule has 0 unspecified atom stereocenters. The average Bonchev–Trinajstić information content (AvgIpc) is 3.06. The number of rotatable bonds is 5. The van der Waals surface area contributed by atoms with E-state index < -0.39 is 23.8 Å². The summed E-state index contributed by atoms with van der Waals surface area (Å²) in [5.41, 5.74) is -0.406. The van der Waals surface area contributed by atoms with Crippen molar-refractivity contribution in [3.8, 4) is 0 Å². The quantitative estimate of drug-likeness (QED) is 0.735. The zero-order valence-corrected chi connectivity index (χ0v) is 15.5. The fourth-order valence-electron chi connectivity index (χ4n) is 3.71. The highest BCUT2D eigenvalue weighted by Gasteiger charge is 2.27. The van der Waals surface area contributed by atoms with Gasteiger partial charge in [0.25, 0.3) is 12.3 Å². The Morgan fingerprint density at radius 2 is 1.93 bits per heavy atom. The highest BCUT2D eigenvalue weighted by molar-refractivity contribution is 6.04. The summed E-state index contributed by atoms with van der Waals surface area (Å²) in [5.74, 6) is 0.0636. The molecule has 27 heavy (non-hydrogen) atoms. The van der Waals surface area contributed by atoms with E-state index in [9.17, 15) is 18.0 Å². The van der Waals surface area contributed by atoms with Gasteiger partial charge in [0.15, 0.2) is 5.69 Å². The number of anilines is 1. The maximum atomic E-state index is 13.4. The van der Waals surface area contributed by atoms with E-state index in [1.165, 1.54) is 24.4 Å². The van der Waals surface area contributed by atoms with Crippen molar-refractivity contribution in [1.29, 1.82) is 0 Å². The molecule has 1 heterocycles. The molecular weight excluding hydrogens is 355 g/mol. The number of carbonyl (C=O) groups is 1. The molecule has 0 bridgehead atoms. The van der Waals surface area contributed by atoms with Gasteiger partial charge in [0.1, 0.15) is 5.82 Å². The Balaban J connectivity index is 1.77. The molecule has 1 N–H and O–H groups in total. The summed E-state index contributed by atoms with van der Waals surface area (Å²) in [7, 11) is 0. The van der Waals surface area contributed by atoms with Crippen LogP contribution in [0.25, 0.3) is 0 Å². The number of alkyl halides is 2. The third kappa shape index (κ3) is 4.51. The molecule has 1 saturated carbocycles. The third-order valence-electron chi connectivity index (χ3n) is 5.36. The van der Waals surface area contributed by atoms with Gasteiger partial charge in [-0.2, -0.15) is 5.10 Å². The molecule has 4 nitrogen and oxygen atoms in total. The number of halogens is 3. The summed E-state index contributed by atoms with van der Waals surface area (Å²) in [6.45, 7) is 4.40. The van der Waals surface area contributed by atoms with Gasteiger partial charge in [-0.05, 0) is 55.7 Å². The molecule has 0 radical (unpaired) electrons. The Hall–Kier alpha value is -2.31. The summed E-state index contributed by atoms with van der Waals surface area (Å²) >= 11 is 0. The first kappa shape index (κ1) is 19.5. The monoisotopic (exact) mass is 379 g/mol. The molecule has 3 rings (SSSR count). The Labute approximate surface area is 156 Å². The summed E-state index contributed by atoms with van der Waals surface area (Å²) in [6, 6.07) is 5.16. The molecular formula is C20H24F3N3O. The number of hydrogen-bond donors (Lipinski definition) is 1. The smallest absolute Gasteiger partial charge is 0.284 e. The van der Waals surface area contributed by atoms with Gasteiger partial charge in [-0.15, -0.1) is 0 Å². The van der Waals surface area contributed by atoms with Crippen LogP contribution < -0.4 is 5.32 Å². The fourth-order valence-corrected chi connectivity index (χ4v) is 3.71. The van der Waals surface area contributed by atoms with E-state index in [1.807, 2.05) is 0 Å². The van der Waals surface area contributed by atoms with Crippen molar-refractivity contribution in [1.82, 2.24) is 9.78 Å². The van der Waals surface area contributed by atoms with Gasteiger partial charge in [-0.1, -0.05) is 19.9 Å². The predicted molar refractivity (Wildman–Crippen MR) is 97.4 cm³/mol. The molecule has 2 aromatic rings. The highest BCUT2D eigenvalue weighted by Crippen LogP contribution is 2.37. The van der Waals surface area contributed by atoms with Crippen LogP contribution >= 0.6 is 0 Å². The number of hydrogen-bond acceptors (Lipinski definition) is 2. The normalized spacial score (nSPS) is 20.3. The zero-order valence-electron chi connectivity index (χ0n) is 15.5. The summed E-state index contributed by atoms with van der Waals surface area (Å²) in [4.78, 5) is 12.3. The van der Waals surface area contributed by atoms with E-state index in [4.69, 9.17) is 0 Å². The first-order valence-electron chi connectivity index (χ1n) is 9.29. The van der Waals surface area contributed by atoms with Crippen molar-refractivity contribution < 1.29 is 18.0 Å². The van der Waals surface area contributed by atoms with Crippen molar-refractivity contribution in [2.45, 2.75) is 52.0 Å². The highest BCUT2D eigenvalue weighted by atomic mass is 19.3. The Bertz CT molecular complexity index is 796. The second kappa shape index (κ2) is 8.15. The van der Waals surface area contributed by atoms with Gasteiger partial charge in [0, 0.05) is 11.8 Å². The van der Waals surface area contributed by atoms with Gasteiger partial charge in [-0.25, -0.2) is 13.2 Å². The lowest BCUT2D eigenvalue weighted by molar-refractivity contribution is 0.102. The molecule has 1 aliphatic carbocycles. The van der Waals surface area contributed by atoms with Crippen molar-refractivity contribution in [2.24, 2.45) is 11.8 Å². The van der Waals surface area contributed by atoms with Gasteiger partial charge < -0.3 is 5.32 Å². The van der Waals surface area contributed by atoms with Crippen molar-refractivity contribution in [3.05, 3.63) is 47.5 Å². The molecule has 1 fully saturated rings. The molecule has 1 aromatic carbocycles. The largest absolute Gasteiger partial charge is 0.319 e. The minimum Gasteiger partial charge on any atom is -0.319 e. The van der Waals surface area contributed by atoms with Crippen molar-refractivity contribution >= 4 is 11.6 Å². The van der Waals surface area contributed by atoms with E-state index in [1.54, 1.807) is 4.68 Å². The number of nitrogens with zero attached hydrogens (tertiary/aromatic N) is 2. The Morgan fingerprint density at radius 1 is 1.22 bits per heavy atom. The molecule has 7 heteroatoms. The zero-order chi connectivity index (χ0) is 19.6. The SMILES string of the molecule is CC(C)C1CCC(n2cc(NC(=O)c3cccc(F)c3)c(C(F)F)n2)CC1. The Morgan fingerprint density at radius 3 is 2.52 bits per heavy atom. The molecule has 146 valence electrons. The molecule has 0 spiro atoms. The average molecular weight is 379 g/mol. The molecule has 1 amide bonds. The number of benzene rings is 1. The van der Waals surface area contributed by atoms with E-state index in [-0.39, 0.29) is 17.3 Å². The lowest BCUT2D eigenvalue weighted by atomic mass is 9.80. The van der Waals surface area contributed by atoms with Crippen LogP contribution in [0.15, 0.2) is 30.5 Å². The van der Waals surface area contributed by atoms with Crippen LogP contribution in [0.4, 0.5) is 18.9 Å². The molecule has 0 aliphatic heterocycles. The lowest BCUT2D eigenvalue weighted by Gasteiger charge is -2.30. The molecule has 1 aromatic heterocycles. The topological polar surface area (TPSA) is 46.9 Å². The standard InChI is InChI=1S/C20H24F3N3O/c1-12(2)13-6-8-16(9-7-13)26-11-17(18(25-26)19(22)23)24-20(27)14-4-3-5-15(21)10-14/h3-5,10-13,16,19H,6-9H2,1-2H3,(H,24,27).